The predicted molar refractivity (Wildman–Crippen MR) is 117 cm³/mol. The number of hydrogen-bond acceptors (Lipinski definition) is 6. The molecule has 31 heavy (non-hydrogen) atoms. The van der Waals surface area contributed by atoms with Crippen LogP contribution in [0.15, 0.2) is 75.4 Å². The molecule has 1 aromatic heterocycles. The third kappa shape index (κ3) is 4.86. The molecule has 0 amide bonds. The van der Waals surface area contributed by atoms with E-state index in [2.05, 4.69) is 26.7 Å². The minimum Gasteiger partial charge on any atom is -0.496 e. The van der Waals surface area contributed by atoms with Gasteiger partial charge >= 0.3 is 0 Å². The van der Waals surface area contributed by atoms with Crippen LogP contribution >= 0.6 is 0 Å². The molecule has 0 aliphatic heterocycles. The van der Waals surface area contributed by atoms with Crippen molar-refractivity contribution in [1.29, 1.82) is 0 Å². The number of amidine groups is 1. The Morgan fingerprint density at radius 1 is 1.16 bits per heavy atom. The number of para-hydroxylation sites is 1. The maximum absolute atomic E-state index is 14.2. The van der Waals surface area contributed by atoms with Crippen LogP contribution in [0.3, 0.4) is 0 Å². The fourth-order valence-electron chi connectivity index (χ4n) is 2.82. The van der Waals surface area contributed by atoms with Crippen molar-refractivity contribution in [2.24, 2.45) is 21.5 Å². The molecule has 1 heterocycles. The molecule has 3 aromatic rings. The normalized spacial score (nSPS) is 12.0. The number of nitrogens with zero attached hydrogens (tertiary/aromatic N) is 5. The summed E-state index contributed by atoms with van der Waals surface area (Å²) in [5, 5.41) is 3.73. The molecule has 2 aromatic carbocycles. The molecule has 9 nitrogen and oxygen atoms in total. The zero-order chi connectivity index (χ0) is 22.4. The summed E-state index contributed by atoms with van der Waals surface area (Å²) in [4.78, 5) is 14.1. The number of nitrogens with two attached hydrogens (primary N) is 2. The molecule has 0 aliphatic carbocycles. The monoisotopic (exact) mass is 423 g/mol. The Hall–Kier alpha value is -4.21. The molecule has 0 spiro atoms. The van der Waals surface area contributed by atoms with Gasteiger partial charge in [0.2, 0.25) is 11.8 Å². The lowest BCUT2D eigenvalue weighted by molar-refractivity contribution is 0.400. The summed E-state index contributed by atoms with van der Waals surface area (Å²) in [6.07, 6.45) is 0. The number of aliphatic imine (C=N–C) groups is 2. The van der Waals surface area contributed by atoms with Crippen molar-refractivity contribution in [3.8, 4) is 17.2 Å². The molecule has 0 radical (unpaired) electrons. The Morgan fingerprint density at radius 3 is 2.58 bits per heavy atom. The quantitative estimate of drug-likeness (QED) is 0.442. The summed E-state index contributed by atoms with van der Waals surface area (Å²) >= 11 is 0. The van der Waals surface area contributed by atoms with E-state index in [1.54, 1.807) is 6.07 Å². The summed E-state index contributed by atoms with van der Waals surface area (Å²) in [6.45, 7) is 6.52. The van der Waals surface area contributed by atoms with E-state index in [0.717, 1.165) is 5.69 Å². The average Bonchev–Trinajstić information content (AvgIpc) is 3.24. The van der Waals surface area contributed by atoms with Crippen LogP contribution in [-0.4, -0.2) is 35.6 Å². The largest absolute Gasteiger partial charge is 0.496 e. The van der Waals surface area contributed by atoms with Crippen molar-refractivity contribution in [1.82, 2.24) is 10.1 Å². The van der Waals surface area contributed by atoms with Crippen molar-refractivity contribution in [3.63, 3.8) is 0 Å². The van der Waals surface area contributed by atoms with Gasteiger partial charge in [-0.1, -0.05) is 36.0 Å². The van der Waals surface area contributed by atoms with Crippen LogP contribution in [-0.2, 0) is 0 Å². The smallest absolute Gasteiger partial charge is 0.265 e. The van der Waals surface area contributed by atoms with Gasteiger partial charge in [-0.15, -0.1) is 0 Å². The topological polar surface area (TPSA) is 128 Å². The van der Waals surface area contributed by atoms with Crippen LogP contribution in [0.5, 0.6) is 5.75 Å². The molecule has 3 rings (SSSR count). The molecule has 0 saturated carbocycles. The highest BCUT2D eigenvalue weighted by molar-refractivity contribution is 6.02. The minimum atomic E-state index is -0.581. The Labute approximate surface area is 178 Å². The number of halogens is 1. The molecule has 0 aliphatic rings. The number of benzene rings is 2. The number of ether oxygens (including phenoxy) is 1. The zero-order valence-electron chi connectivity index (χ0n) is 17.1. The fourth-order valence-corrected chi connectivity index (χ4v) is 2.82. The van der Waals surface area contributed by atoms with E-state index in [4.69, 9.17) is 20.7 Å². The lowest BCUT2D eigenvalue weighted by atomic mass is 10.2. The Kier molecular flexibility index (Phi) is 6.61. The van der Waals surface area contributed by atoms with Gasteiger partial charge in [0.1, 0.15) is 23.0 Å². The summed E-state index contributed by atoms with van der Waals surface area (Å²) in [6, 6.07) is 13.9. The molecule has 10 heteroatoms. The molecule has 0 atom stereocenters. The van der Waals surface area contributed by atoms with Gasteiger partial charge in [0.25, 0.3) is 5.89 Å². The van der Waals surface area contributed by atoms with Gasteiger partial charge in [0.05, 0.1) is 7.11 Å². The van der Waals surface area contributed by atoms with Gasteiger partial charge in [-0.2, -0.15) is 15.0 Å². The summed E-state index contributed by atoms with van der Waals surface area (Å²) in [7, 11) is 1.41. The van der Waals surface area contributed by atoms with Crippen LogP contribution < -0.4 is 21.1 Å². The summed E-state index contributed by atoms with van der Waals surface area (Å²) < 4.78 is 24.5. The van der Waals surface area contributed by atoms with Crippen molar-refractivity contribution in [3.05, 3.63) is 72.6 Å². The summed E-state index contributed by atoms with van der Waals surface area (Å²) in [5.41, 5.74) is 12.8. The highest BCUT2D eigenvalue weighted by Crippen LogP contribution is 2.31. The average molecular weight is 423 g/mol. The second-order valence-electron chi connectivity index (χ2n) is 6.20. The van der Waals surface area contributed by atoms with Crippen molar-refractivity contribution >= 4 is 17.5 Å². The van der Waals surface area contributed by atoms with Gasteiger partial charge in [-0.3, -0.25) is 0 Å². The third-order valence-electron chi connectivity index (χ3n) is 4.24. The second-order valence-corrected chi connectivity index (χ2v) is 6.20. The maximum atomic E-state index is 14.2. The van der Waals surface area contributed by atoms with E-state index in [0.29, 0.717) is 12.4 Å². The third-order valence-corrected chi connectivity index (χ3v) is 4.24. The van der Waals surface area contributed by atoms with Crippen molar-refractivity contribution in [2.75, 3.05) is 18.6 Å². The van der Waals surface area contributed by atoms with Crippen LogP contribution in [0.2, 0.25) is 0 Å². The first kappa shape index (κ1) is 21.5. The molecule has 0 bridgehead atoms. The van der Waals surface area contributed by atoms with E-state index in [1.165, 1.54) is 19.2 Å². The molecule has 4 N–H and O–H groups in total. The van der Waals surface area contributed by atoms with E-state index >= 15 is 0 Å². The fraction of sp³-hybridized carbons (Fsp3) is 0.143. The van der Waals surface area contributed by atoms with E-state index < -0.39 is 5.82 Å². The van der Waals surface area contributed by atoms with Crippen LogP contribution in [0.25, 0.3) is 11.5 Å². The van der Waals surface area contributed by atoms with Gasteiger partial charge in [-0.25, -0.2) is 4.39 Å². The molecule has 160 valence electrons. The van der Waals surface area contributed by atoms with E-state index in [9.17, 15) is 4.39 Å². The first-order valence-corrected chi connectivity index (χ1v) is 9.31. The molecule has 0 saturated heterocycles. The van der Waals surface area contributed by atoms with Crippen LogP contribution in [0, 0.1) is 5.82 Å². The van der Waals surface area contributed by atoms with Crippen LogP contribution in [0.1, 0.15) is 12.7 Å². The lowest BCUT2D eigenvalue weighted by Gasteiger charge is -2.22. The Morgan fingerprint density at radius 2 is 1.90 bits per heavy atom. The van der Waals surface area contributed by atoms with E-state index in [1.807, 2.05) is 42.2 Å². The standard InChI is InChI=1S/C21H22FN7O2/c1-4-29(14-9-6-5-7-10-14)13(2)25-21(24)26-18(23)19-27-20(31-28-19)17-15(22)11-8-12-16(17)30-3/h5-12H,2,4H2,1,3H3,(H4,23,24,25,26). The molecule has 0 fully saturated rings. The van der Waals surface area contributed by atoms with Crippen molar-refractivity contribution < 1.29 is 13.7 Å². The van der Waals surface area contributed by atoms with Crippen molar-refractivity contribution in [2.45, 2.75) is 6.92 Å². The van der Waals surface area contributed by atoms with Gasteiger partial charge < -0.3 is 25.6 Å². The number of aromatic nitrogens is 2. The number of methoxy groups -OCH3 is 1. The summed E-state index contributed by atoms with van der Waals surface area (Å²) in [5.74, 6) is -0.433. The Bertz CT molecular complexity index is 1130. The number of anilines is 1. The van der Waals surface area contributed by atoms with Crippen LogP contribution in [0.4, 0.5) is 10.1 Å². The maximum Gasteiger partial charge on any atom is 0.265 e. The molecular weight excluding hydrogens is 401 g/mol. The number of guanidine groups is 1. The highest BCUT2D eigenvalue weighted by atomic mass is 19.1. The second kappa shape index (κ2) is 9.53. The minimum absolute atomic E-state index is 0.0213. The SMILES string of the molecule is C=C(N=C(N)N=C(N)c1noc(-c2c(F)cccc2OC)n1)N(CC)c1ccccc1. The van der Waals surface area contributed by atoms with Gasteiger partial charge in [-0.05, 0) is 31.2 Å². The Balaban J connectivity index is 1.83. The molecule has 0 unspecified atom stereocenters. The van der Waals surface area contributed by atoms with E-state index in [-0.39, 0.29) is 34.8 Å². The highest BCUT2D eigenvalue weighted by Gasteiger charge is 2.20. The number of rotatable bonds is 7. The zero-order valence-corrected chi connectivity index (χ0v) is 17.1. The first-order chi connectivity index (χ1) is 14.9. The number of hydrogen-bond donors (Lipinski definition) is 2. The van der Waals surface area contributed by atoms with Gasteiger partial charge in [0.15, 0.2) is 5.84 Å². The van der Waals surface area contributed by atoms with Gasteiger partial charge in [0, 0.05) is 12.2 Å². The predicted octanol–water partition coefficient (Wildman–Crippen LogP) is 2.90. The lowest BCUT2D eigenvalue weighted by Crippen LogP contribution is -2.24. The first-order valence-electron chi connectivity index (χ1n) is 9.31. The molecular formula is C21H22FN7O2.